The molecule has 2 unspecified atom stereocenters. The molecule has 0 saturated heterocycles. The van der Waals surface area contributed by atoms with Crippen molar-refractivity contribution in [1.82, 2.24) is 10.2 Å². The minimum absolute atomic E-state index is 0.210. The normalized spacial score (nSPS) is 14.8. The number of nitrogens with zero attached hydrogens (tertiary/aromatic N) is 1. The number of furan rings is 1. The zero-order valence-electron chi connectivity index (χ0n) is 13.3. The van der Waals surface area contributed by atoms with E-state index in [0.717, 1.165) is 40.8 Å². The van der Waals surface area contributed by atoms with Crippen molar-refractivity contribution in [3.05, 3.63) is 34.5 Å². The van der Waals surface area contributed by atoms with E-state index in [1.54, 1.807) is 0 Å². The smallest absolute Gasteiger partial charge is 0.134 e. The van der Waals surface area contributed by atoms with Gasteiger partial charge in [0.1, 0.15) is 11.3 Å². The van der Waals surface area contributed by atoms with Crippen LogP contribution in [0.25, 0.3) is 11.0 Å². The Balaban J connectivity index is 2.02. The summed E-state index contributed by atoms with van der Waals surface area (Å²) in [5, 5.41) is 4.77. The Morgan fingerprint density at radius 3 is 2.57 bits per heavy atom. The van der Waals surface area contributed by atoms with Gasteiger partial charge in [0.2, 0.25) is 0 Å². The Kier molecular flexibility index (Phi) is 5.85. The van der Waals surface area contributed by atoms with Gasteiger partial charge in [-0.3, -0.25) is 0 Å². The van der Waals surface area contributed by atoms with Gasteiger partial charge in [-0.25, -0.2) is 0 Å². The summed E-state index contributed by atoms with van der Waals surface area (Å²) >= 11 is 3.50. The molecule has 0 spiro atoms. The standard InChI is InChI=1S/C17H25BrN2O/c1-5-20(6-2)11-12(3)19-13(4)17-10-14-9-15(18)7-8-16(14)21-17/h7-10,12-13,19H,5-6,11H2,1-4H3. The Morgan fingerprint density at radius 2 is 1.90 bits per heavy atom. The summed E-state index contributed by atoms with van der Waals surface area (Å²) in [6, 6.07) is 8.88. The molecule has 4 heteroatoms. The van der Waals surface area contributed by atoms with E-state index < -0.39 is 0 Å². The van der Waals surface area contributed by atoms with Crippen LogP contribution in [0.15, 0.2) is 33.2 Å². The van der Waals surface area contributed by atoms with E-state index in [1.807, 2.05) is 12.1 Å². The van der Waals surface area contributed by atoms with Crippen molar-refractivity contribution in [2.75, 3.05) is 19.6 Å². The number of hydrogen-bond acceptors (Lipinski definition) is 3. The van der Waals surface area contributed by atoms with Crippen molar-refractivity contribution >= 4 is 26.9 Å². The first-order valence-electron chi connectivity index (χ1n) is 7.70. The Bertz CT molecular complexity index is 577. The second-order valence-corrected chi connectivity index (χ2v) is 6.52. The maximum Gasteiger partial charge on any atom is 0.134 e. The summed E-state index contributed by atoms with van der Waals surface area (Å²) in [5.74, 6) is 0.995. The van der Waals surface area contributed by atoms with E-state index in [0.29, 0.717) is 6.04 Å². The molecule has 2 aromatic rings. The van der Waals surface area contributed by atoms with E-state index in [2.05, 4.69) is 66.0 Å². The van der Waals surface area contributed by atoms with Crippen LogP contribution in [0.3, 0.4) is 0 Å². The number of fused-ring (bicyclic) bond motifs is 1. The molecule has 3 nitrogen and oxygen atoms in total. The zero-order valence-corrected chi connectivity index (χ0v) is 14.9. The lowest BCUT2D eigenvalue weighted by Crippen LogP contribution is -2.40. The van der Waals surface area contributed by atoms with Gasteiger partial charge in [0.05, 0.1) is 6.04 Å². The van der Waals surface area contributed by atoms with Crippen LogP contribution in [0, 0.1) is 0 Å². The third-order valence-electron chi connectivity index (χ3n) is 3.89. The molecule has 1 aromatic heterocycles. The molecule has 116 valence electrons. The van der Waals surface area contributed by atoms with Crippen LogP contribution in [-0.2, 0) is 0 Å². The molecule has 0 aliphatic carbocycles. The van der Waals surface area contributed by atoms with E-state index in [4.69, 9.17) is 4.42 Å². The maximum atomic E-state index is 5.95. The van der Waals surface area contributed by atoms with Gasteiger partial charge < -0.3 is 14.6 Å². The lowest BCUT2D eigenvalue weighted by Gasteiger charge is -2.25. The van der Waals surface area contributed by atoms with Gasteiger partial charge in [-0.15, -0.1) is 0 Å². The van der Waals surface area contributed by atoms with Crippen LogP contribution >= 0.6 is 15.9 Å². The van der Waals surface area contributed by atoms with Gasteiger partial charge in [-0.05, 0) is 51.2 Å². The molecule has 0 fully saturated rings. The second kappa shape index (κ2) is 7.43. The fraction of sp³-hybridized carbons (Fsp3) is 0.529. The number of nitrogens with one attached hydrogen (secondary N) is 1. The summed E-state index contributed by atoms with van der Waals surface area (Å²) in [6.07, 6.45) is 0. The molecule has 2 atom stereocenters. The molecular formula is C17H25BrN2O. The highest BCUT2D eigenvalue weighted by Crippen LogP contribution is 2.26. The van der Waals surface area contributed by atoms with Crippen molar-refractivity contribution in [2.24, 2.45) is 0 Å². The van der Waals surface area contributed by atoms with Crippen molar-refractivity contribution in [3.63, 3.8) is 0 Å². The zero-order chi connectivity index (χ0) is 15.4. The van der Waals surface area contributed by atoms with E-state index in [-0.39, 0.29) is 6.04 Å². The van der Waals surface area contributed by atoms with E-state index >= 15 is 0 Å². The predicted molar refractivity (Wildman–Crippen MR) is 92.7 cm³/mol. The van der Waals surface area contributed by atoms with Crippen LogP contribution in [0.4, 0.5) is 0 Å². The number of likely N-dealkylation sites (N-methyl/N-ethyl adjacent to an activating group) is 1. The van der Waals surface area contributed by atoms with Gasteiger partial charge in [0, 0.05) is 22.4 Å². The molecule has 1 heterocycles. The van der Waals surface area contributed by atoms with Crippen LogP contribution in [0.1, 0.15) is 39.5 Å². The summed E-state index contributed by atoms with van der Waals surface area (Å²) in [5.41, 5.74) is 0.943. The lowest BCUT2D eigenvalue weighted by atomic mass is 10.2. The highest BCUT2D eigenvalue weighted by atomic mass is 79.9. The minimum atomic E-state index is 0.210. The van der Waals surface area contributed by atoms with Gasteiger partial charge >= 0.3 is 0 Å². The average molecular weight is 353 g/mol. The molecule has 0 amide bonds. The molecular weight excluding hydrogens is 328 g/mol. The minimum Gasteiger partial charge on any atom is -0.459 e. The second-order valence-electron chi connectivity index (χ2n) is 5.61. The van der Waals surface area contributed by atoms with E-state index in [9.17, 15) is 0 Å². The van der Waals surface area contributed by atoms with Gasteiger partial charge in [0.15, 0.2) is 0 Å². The molecule has 0 aliphatic heterocycles. The summed E-state index contributed by atoms with van der Waals surface area (Å²) < 4.78 is 7.03. The Morgan fingerprint density at radius 1 is 1.19 bits per heavy atom. The fourth-order valence-corrected chi connectivity index (χ4v) is 3.06. The SMILES string of the molecule is CCN(CC)CC(C)NC(C)c1cc2cc(Br)ccc2o1. The Hall–Kier alpha value is -0.840. The predicted octanol–water partition coefficient (Wildman–Crippen LogP) is 4.58. The summed E-state index contributed by atoms with van der Waals surface area (Å²) in [4.78, 5) is 2.43. The third kappa shape index (κ3) is 4.31. The first kappa shape index (κ1) is 16.5. The number of hydrogen-bond donors (Lipinski definition) is 1. The first-order chi connectivity index (χ1) is 10.0. The third-order valence-corrected chi connectivity index (χ3v) is 4.38. The lowest BCUT2D eigenvalue weighted by molar-refractivity contribution is 0.259. The quantitative estimate of drug-likeness (QED) is 0.790. The highest BCUT2D eigenvalue weighted by molar-refractivity contribution is 9.10. The van der Waals surface area contributed by atoms with Crippen molar-refractivity contribution < 1.29 is 4.42 Å². The topological polar surface area (TPSA) is 28.4 Å². The average Bonchev–Trinajstić information content (AvgIpc) is 2.87. The molecule has 0 saturated carbocycles. The maximum absolute atomic E-state index is 5.95. The molecule has 0 aliphatic rings. The molecule has 1 N–H and O–H groups in total. The number of halogens is 1. The van der Waals surface area contributed by atoms with Crippen LogP contribution in [-0.4, -0.2) is 30.6 Å². The largest absolute Gasteiger partial charge is 0.459 e. The van der Waals surface area contributed by atoms with Crippen LogP contribution in [0.5, 0.6) is 0 Å². The van der Waals surface area contributed by atoms with Gasteiger partial charge in [-0.2, -0.15) is 0 Å². The summed E-state index contributed by atoms with van der Waals surface area (Å²) in [6.45, 7) is 12.0. The molecule has 0 radical (unpaired) electrons. The van der Waals surface area contributed by atoms with Crippen LogP contribution < -0.4 is 5.32 Å². The van der Waals surface area contributed by atoms with Crippen molar-refractivity contribution in [1.29, 1.82) is 0 Å². The number of benzene rings is 1. The Labute approximate surface area is 135 Å². The monoisotopic (exact) mass is 352 g/mol. The first-order valence-corrected chi connectivity index (χ1v) is 8.50. The number of rotatable bonds is 7. The van der Waals surface area contributed by atoms with Gasteiger partial charge in [-0.1, -0.05) is 29.8 Å². The highest BCUT2D eigenvalue weighted by Gasteiger charge is 2.15. The van der Waals surface area contributed by atoms with Crippen molar-refractivity contribution in [3.8, 4) is 0 Å². The van der Waals surface area contributed by atoms with Gasteiger partial charge in [0.25, 0.3) is 0 Å². The molecule has 2 rings (SSSR count). The molecule has 21 heavy (non-hydrogen) atoms. The van der Waals surface area contributed by atoms with Crippen molar-refractivity contribution in [2.45, 2.75) is 39.8 Å². The van der Waals surface area contributed by atoms with Crippen LogP contribution in [0.2, 0.25) is 0 Å². The fourth-order valence-electron chi connectivity index (χ4n) is 2.68. The summed E-state index contributed by atoms with van der Waals surface area (Å²) in [7, 11) is 0. The van der Waals surface area contributed by atoms with E-state index in [1.165, 1.54) is 0 Å². The molecule has 1 aromatic carbocycles. The molecule has 0 bridgehead atoms.